The maximum atomic E-state index is 10.5. The lowest BCUT2D eigenvalue weighted by Crippen LogP contribution is -2.46. The second kappa shape index (κ2) is 4.30. The smallest absolute Gasteiger partial charge is 0.303 e. The summed E-state index contributed by atoms with van der Waals surface area (Å²) in [6, 6.07) is 0. The van der Waals surface area contributed by atoms with Gasteiger partial charge in [-0.1, -0.05) is 0 Å². The topological polar surface area (TPSA) is 40.5 Å². The quantitative estimate of drug-likeness (QED) is 0.739. The van der Waals surface area contributed by atoms with Gasteiger partial charge in [0, 0.05) is 12.0 Å². The molecule has 1 fully saturated rings. The standard InChI is InChI=1S/C11H21NO2/c1-11(2,3)12-6-4-9(5-7-12)8-10(13)14/h9H,4-8H2,1-3H3,(H,13,14). The predicted octanol–water partition coefficient (Wildman–Crippen LogP) is 1.97. The Balaban J connectivity index is 2.35. The molecule has 3 heteroatoms. The number of rotatable bonds is 2. The van der Waals surface area contributed by atoms with Gasteiger partial charge in [-0.25, -0.2) is 0 Å². The van der Waals surface area contributed by atoms with Crippen molar-refractivity contribution >= 4 is 5.97 Å². The number of piperidine rings is 1. The number of carboxylic acids is 1. The molecule has 1 N–H and O–H groups in total. The van der Waals surface area contributed by atoms with Gasteiger partial charge in [-0.3, -0.25) is 9.69 Å². The summed E-state index contributed by atoms with van der Waals surface area (Å²) in [6.45, 7) is 8.72. The Labute approximate surface area is 86.1 Å². The molecule has 0 saturated carbocycles. The van der Waals surface area contributed by atoms with Gasteiger partial charge >= 0.3 is 5.97 Å². The largest absolute Gasteiger partial charge is 0.481 e. The maximum Gasteiger partial charge on any atom is 0.303 e. The van der Waals surface area contributed by atoms with Crippen molar-refractivity contribution in [3.8, 4) is 0 Å². The van der Waals surface area contributed by atoms with E-state index >= 15 is 0 Å². The molecule has 0 amide bonds. The fourth-order valence-electron chi connectivity index (χ4n) is 2.05. The van der Waals surface area contributed by atoms with Gasteiger partial charge < -0.3 is 5.11 Å². The van der Waals surface area contributed by atoms with Crippen molar-refractivity contribution in [3.05, 3.63) is 0 Å². The van der Waals surface area contributed by atoms with Gasteiger partial charge in [0.25, 0.3) is 0 Å². The van der Waals surface area contributed by atoms with Crippen LogP contribution in [0.4, 0.5) is 0 Å². The summed E-state index contributed by atoms with van der Waals surface area (Å²) < 4.78 is 0. The summed E-state index contributed by atoms with van der Waals surface area (Å²) in [5, 5.41) is 8.68. The second-order valence-electron chi connectivity index (χ2n) is 5.20. The van der Waals surface area contributed by atoms with Crippen LogP contribution in [0.3, 0.4) is 0 Å². The number of carboxylic acid groups (broad SMARTS) is 1. The van der Waals surface area contributed by atoms with Gasteiger partial charge in [0.05, 0.1) is 0 Å². The van der Waals surface area contributed by atoms with E-state index in [-0.39, 0.29) is 5.54 Å². The zero-order valence-corrected chi connectivity index (χ0v) is 9.42. The van der Waals surface area contributed by atoms with Crippen molar-refractivity contribution in [2.45, 2.75) is 45.6 Å². The summed E-state index contributed by atoms with van der Waals surface area (Å²) in [6.07, 6.45) is 2.41. The summed E-state index contributed by atoms with van der Waals surface area (Å²) in [4.78, 5) is 13.0. The fourth-order valence-corrected chi connectivity index (χ4v) is 2.05. The average Bonchev–Trinajstić information content (AvgIpc) is 2.02. The molecule has 1 heterocycles. The Kier molecular flexibility index (Phi) is 3.53. The van der Waals surface area contributed by atoms with Crippen LogP contribution >= 0.6 is 0 Å². The van der Waals surface area contributed by atoms with Gasteiger partial charge in [0.2, 0.25) is 0 Å². The van der Waals surface area contributed by atoms with Crippen molar-refractivity contribution in [1.29, 1.82) is 0 Å². The highest BCUT2D eigenvalue weighted by Crippen LogP contribution is 2.25. The Morgan fingerprint density at radius 2 is 1.86 bits per heavy atom. The highest BCUT2D eigenvalue weighted by molar-refractivity contribution is 5.67. The van der Waals surface area contributed by atoms with E-state index in [4.69, 9.17) is 5.11 Å². The molecule has 0 bridgehead atoms. The molecular formula is C11H21NO2. The van der Waals surface area contributed by atoms with Crippen molar-refractivity contribution in [2.24, 2.45) is 5.92 Å². The number of carbonyl (C=O) groups is 1. The van der Waals surface area contributed by atoms with Gasteiger partial charge in [-0.15, -0.1) is 0 Å². The third-order valence-corrected chi connectivity index (χ3v) is 3.03. The molecule has 0 aromatic carbocycles. The first-order valence-electron chi connectivity index (χ1n) is 5.36. The molecule has 1 saturated heterocycles. The number of aliphatic carboxylic acids is 1. The van der Waals surface area contributed by atoms with Crippen LogP contribution < -0.4 is 0 Å². The fraction of sp³-hybridized carbons (Fsp3) is 0.909. The van der Waals surface area contributed by atoms with Crippen molar-refractivity contribution in [2.75, 3.05) is 13.1 Å². The lowest BCUT2D eigenvalue weighted by atomic mass is 9.91. The number of hydrogen-bond acceptors (Lipinski definition) is 2. The molecule has 0 unspecified atom stereocenters. The van der Waals surface area contributed by atoms with Crippen LogP contribution in [0.15, 0.2) is 0 Å². The van der Waals surface area contributed by atoms with Crippen LogP contribution in [0.1, 0.15) is 40.0 Å². The van der Waals surface area contributed by atoms with E-state index in [1.807, 2.05) is 0 Å². The molecule has 82 valence electrons. The first-order chi connectivity index (χ1) is 6.39. The average molecular weight is 199 g/mol. The normalized spacial score (nSPS) is 21.1. The lowest BCUT2D eigenvalue weighted by Gasteiger charge is -2.40. The molecule has 0 spiro atoms. The van der Waals surface area contributed by atoms with Gasteiger partial charge in [-0.2, -0.15) is 0 Å². The van der Waals surface area contributed by atoms with Crippen LogP contribution in [-0.4, -0.2) is 34.6 Å². The van der Waals surface area contributed by atoms with E-state index in [2.05, 4.69) is 25.7 Å². The molecule has 14 heavy (non-hydrogen) atoms. The molecule has 0 radical (unpaired) electrons. The Morgan fingerprint density at radius 1 is 1.36 bits per heavy atom. The molecule has 0 aliphatic carbocycles. The van der Waals surface area contributed by atoms with Crippen molar-refractivity contribution < 1.29 is 9.90 Å². The molecule has 3 nitrogen and oxygen atoms in total. The molecule has 0 aromatic heterocycles. The first-order valence-corrected chi connectivity index (χ1v) is 5.36. The van der Waals surface area contributed by atoms with E-state index in [1.54, 1.807) is 0 Å². The van der Waals surface area contributed by atoms with Gasteiger partial charge in [0.15, 0.2) is 0 Å². The van der Waals surface area contributed by atoms with Crippen LogP contribution in [0.2, 0.25) is 0 Å². The predicted molar refractivity (Wildman–Crippen MR) is 56.3 cm³/mol. The summed E-state index contributed by atoms with van der Waals surface area (Å²) in [5.74, 6) is -0.259. The van der Waals surface area contributed by atoms with Crippen molar-refractivity contribution in [1.82, 2.24) is 4.90 Å². The Hall–Kier alpha value is -0.570. The molecule has 1 rings (SSSR count). The van der Waals surface area contributed by atoms with E-state index < -0.39 is 5.97 Å². The highest BCUT2D eigenvalue weighted by atomic mass is 16.4. The summed E-state index contributed by atoms with van der Waals surface area (Å²) >= 11 is 0. The minimum atomic E-state index is -0.654. The van der Waals surface area contributed by atoms with E-state index in [0.29, 0.717) is 12.3 Å². The summed E-state index contributed by atoms with van der Waals surface area (Å²) in [5.41, 5.74) is 0.230. The first kappa shape index (κ1) is 11.5. The van der Waals surface area contributed by atoms with E-state index in [9.17, 15) is 4.79 Å². The SMILES string of the molecule is CC(C)(C)N1CCC(CC(=O)O)CC1. The van der Waals surface area contributed by atoms with Gasteiger partial charge in [0.1, 0.15) is 0 Å². The van der Waals surface area contributed by atoms with Crippen LogP contribution in [0.5, 0.6) is 0 Å². The monoisotopic (exact) mass is 199 g/mol. The lowest BCUT2D eigenvalue weighted by molar-refractivity contribution is -0.138. The Bertz CT molecular complexity index is 200. The zero-order chi connectivity index (χ0) is 10.8. The number of hydrogen-bond donors (Lipinski definition) is 1. The number of nitrogens with zero attached hydrogens (tertiary/aromatic N) is 1. The molecule has 1 aliphatic heterocycles. The minimum absolute atomic E-state index is 0.230. The van der Waals surface area contributed by atoms with E-state index in [1.165, 1.54) is 0 Å². The Morgan fingerprint density at radius 3 is 2.21 bits per heavy atom. The molecule has 0 atom stereocenters. The van der Waals surface area contributed by atoms with Crippen LogP contribution in [-0.2, 0) is 4.79 Å². The summed E-state index contributed by atoms with van der Waals surface area (Å²) in [7, 11) is 0. The second-order valence-corrected chi connectivity index (χ2v) is 5.20. The van der Waals surface area contributed by atoms with Crippen molar-refractivity contribution in [3.63, 3.8) is 0 Å². The van der Waals surface area contributed by atoms with Crippen LogP contribution in [0.25, 0.3) is 0 Å². The van der Waals surface area contributed by atoms with E-state index in [0.717, 1.165) is 25.9 Å². The molecular weight excluding hydrogens is 178 g/mol. The minimum Gasteiger partial charge on any atom is -0.481 e. The third-order valence-electron chi connectivity index (χ3n) is 3.03. The van der Waals surface area contributed by atoms with Crippen LogP contribution in [0, 0.1) is 5.92 Å². The molecule has 1 aliphatic rings. The maximum absolute atomic E-state index is 10.5. The van der Waals surface area contributed by atoms with Gasteiger partial charge in [-0.05, 0) is 52.6 Å². The molecule has 0 aromatic rings. The third kappa shape index (κ3) is 3.29. The number of likely N-dealkylation sites (tertiary alicyclic amines) is 1. The highest BCUT2D eigenvalue weighted by Gasteiger charge is 2.27. The zero-order valence-electron chi connectivity index (χ0n) is 9.42.